The van der Waals surface area contributed by atoms with E-state index in [1.807, 2.05) is 0 Å². The first-order chi connectivity index (χ1) is 29.0. The van der Waals surface area contributed by atoms with Gasteiger partial charge in [0.1, 0.15) is 13.2 Å². The Morgan fingerprint density at radius 2 is 0.559 bits per heavy atom. The summed E-state index contributed by atoms with van der Waals surface area (Å²) in [6, 6.07) is 0. The van der Waals surface area contributed by atoms with Gasteiger partial charge in [-0.3, -0.25) is 14.4 Å². The number of allylic oxidation sites excluding steroid dienone is 2. The van der Waals surface area contributed by atoms with Gasteiger partial charge < -0.3 is 14.2 Å². The maximum Gasteiger partial charge on any atom is 0.306 e. The summed E-state index contributed by atoms with van der Waals surface area (Å²) < 4.78 is 16.8. The van der Waals surface area contributed by atoms with Gasteiger partial charge in [-0.15, -0.1) is 0 Å². The quantitative estimate of drug-likeness (QED) is 0.0263. The lowest BCUT2D eigenvalue weighted by atomic mass is 10.0. The molecular weight excluding hydrogens is 733 g/mol. The van der Waals surface area contributed by atoms with E-state index in [4.69, 9.17) is 14.2 Å². The van der Waals surface area contributed by atoms with Crippen molar-refractivity contribution in [2.45, 2.75) is 297 Å². The van der Waals surface area contributed by atoms with Crippen LogP contribution in [0.5, 0.6) is 0 Å². The number of hydrogen-bond donors (Lipinski definition) is 0. The molecule has 1 atom stereocenters. The third-order valence-electron chi connectivity index (χ3n) is 11.8. The first-order valence-corrected chi connectivity index (χ1v) is 26.2. The van der Waals surface area contributed by atoms with E-state index in [0.717, 1.165) is 64.2 Å². The minimum Gasteiger partial charge on any atom is -0.462 e. The summed E-state index contributed by atoms with van der Waals surface area (Å²) in [6.07, 6.45) is 53.5. The number of rotatable bonds is 48. The van der Waals surface area contributed by atoms with E-state index >= 15 is 0 Å². The van der Waals surface area contributed by atoms with Crippen LogP contribution in [0.1, 0.15) is 290 Å². The third-order valence-corrected chi connectivity index (χ3v) is 11.8. The zero-order chi connectivity index (χ0) is 43.0. The van der Waals surface area contributed by atoms with Crippen molar-refractivity contribution in [1.29, 1.82) is 0 Å². The average molecular weight is 833 g/mol. The van der Waals surface area contributed by atoms with Gasteiger partial charge in [-0.25, -0.2) is 0 Å². The maximum absolute atomic E-state index is 12.7. The average Bonchev–Trinajstić information content (AvgIpc) is 3.23. The van der Waals surface area contributed by atoms with Gasteiger partial charge in [0.05, 0.1) is 0 Å². The van der Waals surface area contributed by atoms with Crippen LogP contribution in [0.15, 0.2) is 12.2 Å². The monoisotopic (exact) mass is 833 g/mol. The Balaban J connectivity index is 4.23. The van der Waals surface area contributed by atoms with Crippen molar-refractivity contribution in [2.75, 3.05) is 13.2 Å². The number of esters is 3. The van der Waals surface area contributed by atoms with Crippen molar-refractivity contribution in [1.82, 2.24) is 0 Å². The summed E-state index contributed by atoms with van der Waals surface area (Å²) in [6.45, 7) is 6.63. The van der Waals surface area contributed by atoms with Gasteiger partial charge in [-0.05, 0) is 44.9 Å². The predicted molar refractivity (Wildman–Crippen MR) is 252 cm³/mol. The Hall–Kier alpha value is -1.85. The minimum atomic E-state index is -0.766. The molecule has 348 valence electrons. The molecule has 0 aromatic rings. The van der Waals surface area contributed by atoms with Crippen molar-refractivity contribution >= 4 is 17.9 Å². The van der Waals surface area contributed by atoms with E-state index in [1.54, 1.807) is 0 Å². The topological polar surface area (TPSA) is 78.9 Å². The number of carbonyl (C=O) groups excluding carboxylic acids is 3. The maximum atomic E-state index is 12.7. The zero-order valence-electron chi connectivity index (χ0n) is 39.8. The summed E-state index contributed by atoms with van der Waals surface area (Å²) in [5.41, 5.74) is 0. The molecule has 0 N–H and O–H groups in total. The summed E-state index contributed by atoms with van der Waals surface area (Å²) in [5, 5.41) is 0. The fourth-order valence-electron chi connectivity index (χ4n) is 7.79. The van der Waals surface area contributed by atoms with Gasteiger partial charge in [0.2, 0.25) is 0 Å². The van der Waals surface area contributed by atoms with Gasteiger partial charge in [0.25, 0.3) is 0 Å². The molecule has 0 amide bonds. The van der Waals surface area contributed by atoms with E-state index in [-0.39, 0.29) is 31.1 Å². The molecule has 0 spiro atoms. The van der Waals surface area contributed by atoms with E-state index in [1.165, 1.54) is 186 Å². The van der Waals surface area contributed by atoms with Crippen LogP contribution in [0, 0.1) is 0 Å². The number of carbonyl (C=O) groups is 3. The van der Waals surface area contributed by atoms with Crippen LogP contribution in [-0.4, -0.2) is 37.2 Å². The second-order valence-electron chi connectivity index (χ2n) is 17.8. The Labute approximate surface area is 367 Å². The van der Waals surface area contributed by atoms with Crippen molar-refractivity contribution in [3.8, 4) is 0 Å². The van der Waals surface area contributed by atoms with Crippen molar-refractivity contribution in [2.24, 2.45) is 0 Å². The molecule has 0 bridgehead atoms. The highest BCUT2D eigenvalue weighted by Gasteiger charge is 2.19. The zero-order valence-corrected chi connectivity index (χ0v) is 39.8. The van der Waals surface area contributed by atoms with Crippen molar-refractivity contribution in [3.05, 3.63) is 12.2 Å². The van der Waals surface area contributed by atoms with Crippen LogP contribution in [-0.2, 0) is 28.6 Å². The van der Waals surface area contributed by atoms with Crippen molar-refractivity contribution in [3.63, 3.8) is 0 Å². The molecule has 0 aromatic heterocycles. The second kappa shape index (κ2) is 48.8. The Kier molecular flexibility index (Phi) is 47.3. The van der Waals surface area contributed by atoms with Gasteiger partial charge >= 0.3 is 17.9 Å². The summed E-state index contributed by atoms with van der Waals surface area (Å²) in [5.74, 6) is -0.864. The highest BCUT2D eigenvalue weighted by atomic mass is 16.6. The third kappa shape index (κ3) is 47.1. The number of unbranched alkanes of at least 4 members (excludes halogenated alkanes) is 35. The van der Waals surface area contributed by atoms with Crippen molar-refractivity contribution < 1.29 is 28.6 Å². The van der Waals surface area contributed by atoms with Gasteiger partial charge in [0, 0.05) is 19.3 Å². The molecule has 1 unspecified atom stereocenters. The largest absolute Gasteiger partial charge is 0.462 e. The Morgan fingerprint density at radius 3 is 0.864 bits per heavy atom. The normalized spacial score (nSPS) is 12.0. The van der Waals surface area contributed by atoms with E-state index in [0.29, 0.717) is 19.3 Å². The molecule has 0 aliphatic rings. The minimum absolute atomic E-state index is 0.0683. The summed E-state index contributed by atoms with van der Waals surface area (Å²) >= 11 is 0. The lowest BCUT2D eigenvalue weighted by molar-refractivity contribution is -0.167. The molecule has 59 heavy (non-hydrogen) atoms. The van der Waals surface area contributed by atoms with E-state index in [9.17, 15) is 14.4 Å². The molecule has 0 saturated carbocycles. The van der Waals surface area contributed by atoms with Crippen LogP contribution in [0.4, 0.5) is 0 Å². The first-order valence-electron chi connectivity index (χ1n) is 26.2. The molecule has 0 fully saturated rings. The van der Waals surface area contributed by atoms with Crippen LogP contribution >= 0.6 is 0 Å². The first kappa shape index (κ1) is 57.1. The fraction of sp³-hybridized carbons (Fsp3) is 0.906. The molecule has 0 aliphatic heterocycles. The standard InChI is InChI=1S/C53H100O6/c1-4-7-10-13-16-19-21-23-24-25-26-27-28-30-31-34-37-40-43-46-52(55)58-49-50(48-57-51(54)45-42-39-36-33-18-15-12-9-6-3)59-53(56)47-44-41-38-35-32-29-22-20-17-14-11-8-5-2/h20,22,50H,4-19,21,23-49H2,1-3H3/b22-20-. The molecule has 6 heteroatoms. The van der Waals surface area contributed by atoms with Crippen LogP contribution in [0.3, 0.4) is 0 Å². The molecule has 0 aliphatic carbocycles. The van der Waals surface area contributed by atoms with Gasteiger partial charge in [0.15, 0.2) is 6.10 Å². The van der Waals surface area contributed by atoms with Gasteiger partial charge in [-0.2, -0.15) is 0 Å². The molecule has 6 nitrogen and oxygen atoms in total. The van der Waals surface area contributed by atoms with E-state index in [2.05, 4.69) is 32.9 Å². The molecule has 0 radical (unpaired) electrons. The molecule has 0 rings (SSSR count). The lowest BCUT2D eigenvalue weighted by Crippen LogP contribution is -2.30. The molecule has 0 heterocycles. The number of ether oxygens (including phenoxy) is 3. The highest BCUT2D eigenvalue weighted by molar-refractivity contribution is 5.71. The second-order valence-corrected chi connectivity index (χ2v) is 17.8. The summed E-state index contributed by atoms with van der Waals surface area (Å²) in [4.78, 5) is 37.8. The van der Waals surface area contributed by atoms with Crippen LogP contribution in [0.2, 0.25) is 0 Å². The van der Waals surface area contributed by atoms with Gasteiger partial charge in [-0.1, -0.05) is 238 Å². The van der Waals surface area contributed by atoms with Crippen LogP contribution in [0.25, 0.3) is 0 Å². The number of hydrogen-bond acceptors (Lipinski definition) is 6. The predicted octanol–water partition coefficient (Wildman–Crippen LogP) is 17.0. The lowest BCUT2D eigenvalue weighted by Gasteiger charge is -2.18. The highest BCUT2D eigenvalue weighted by Crippen LogP contribution is 2.16. The van der Waals surface area contributed by atoms with Crippen LogP contribution < -0.4 is 0 Å². The van der Waals surface area contributed by atoms with E-state index < -0.39 is 6.10 Å². The fourth-order valence-corrected chi connectivity index (χ4v) is 7.79. The SMILES string of the molecule is CCCCCC/C=C\CCCCCCCC(=O)OC(COC(=O)CCCCCCCCCCC)COC(=O)CCCCCCCCCCCCCCCCCCCCC. The Bertz CT molecular complexity index is 916. The molecule has 0 aromatic carbocycles. The Morgan fingerprint density at radius 1 is 0.322 bits per heavy atom. The molecule has 0 saturated heterocycles. The smallest absolute Gasteiger partial charge is 0.306 e. The molecular formula is C53H100O6. The summed E-state index contributed by atoms with van der Waals surface area (Å²) in [7, 11) is 0.